The van der Waals surface area contributed by atoms with Crippen molar-refractivity contribution in [2.75, 3.05) is 0 Å². The van der Waals surface area contributed by atoms with Crippen LogP contribution in [0.2, 0.25) is 0 Å². The highest BCUT2D eigenvalue weighted by atomic mass is 35.5. The van der Waals surface area contributed by atoms with Crippen molar-refractivity contribution in [1.29, 1.82) is 0 Å². The molecule has 0 radical (unpaired) electrons. The molecule has 1 atom stereocenters. The monoisotopic (exact) mass is 206 g/mol. The smallest absolute Gasteiger partial charge is 0.289 e. The summed E-state index contributed by atoms with van der Waals surface area (Å²) >= 11 is 0. The highest BCUT2D eigenvalue weighted by Gasteiger charge is 2.28. The summed E-state index contributed by atoms with van der Waals surface area (Å²) in [4.78, 5) is 22.2. The molecule has 3 N–H and O–H groups in total. The van der Waals surface area contributed by atoms with E-state index in [1.165, 1.54) is 0 Å². The molecule has 5 heteroatoms. The Morgan fingerprint density at radius 3 is 2.46 bits per heavy atom. The van der Waals surface area contributed by atoms with Gasteiger partial charge in [-0.3, -0.25) is 9.59 Å². The minimum atomic E-state index is -0.635. The maximum atomic E-state index is 11.1. The largest absolute Gasteiger partial charge is 0.347 e. The van der Waals surface area contributed by atoms with E-state index < -0.39 is 17.7 Å². The maximum absolute atomic E-state index is 11.1. The molecule has 0 unspecified atom stereocenters. The van der Waals surface area contributed by atoms with Crippen LogP contribution in [0.25, 0.3) is 0 Å². The Bertz CT molecular complexity index is 204. The van der Waals surface area contributed by atoms with Gasteiger partial charge in [-0.25, -0.2) is 0 Å². The van der Waals surface area contributed by atoms with Crippen LogP contribution in [-0.4, -0.2) is 23.8 Å². The van der Waals surface area contributed by atoms with Gasteiger partial charge in [-0.1, -0.05) is 6.92 Å². The molecule has 4 nitrogen and oxygen atoms in total. The minimum absolute atomic E-state index is 0. The van der Waals surface area contributed by atoms with Crippen molar-refractivity contribution in [3.8, 4) is 0 Å². The predicted molar refractivity (Wildman–Crippen MR) is 51.7 cm³/mol. The Labute approximate surface area is 83.7 Å². The zero-order valence-corrected chi connectivity index (χ0v) is 8.39. The number of carbonyl (C=O) groups excluding carboxylic acids is 2. The third kappa shape index (κ3) is 3.74. The predicted octanol–water partition coefficient (Wildman–Crippen LogP) is -0.00680. The second-order valence-electron chi connectivity index (χ2n) is 3.13. The van der Waals surface area contributed by atoms with Crippen LogP contribution < -0.4 is 11.1 Å². The lowest BCUT2D eigenvalue weighted by Gasteiger charge is -2.06. The van der Waals surface area contributed by atoms with Gasteiger partial charge in [0.2, 0.25) is 5.78 Å². The molecule has 0 spiro atoms. The fraction of sp³-hybridized carbons (Fsp3) is 0.750. The summed E-state index contributed by atoms with van der Waals surface area (Å²) < 4.78 is 0. The number of ketones is 1. The molecule has 1 aliphatic rings. The van der Waals surface area contributed by atoms with Crippen molar-refractivity contribution in [2.45, 2.75) is 38.3 Å². The first-order valence-corrected chi connectivity index (χ1v) is 4.25. The molecule has 0 saturated heterocycles. The van der Waals surface area contributed by atoms with E-state index in [-0.39, 0.29) is 18.4 Å². The van der Waals surface area contributed by atoms with Crippen molar-refractivity contribution in [2.24, 2.45) is 5.73 Å². The molecule has 0 bridgehead atoms. The van der Waals surface area contributed by atoms with Gasteiger partial charge < -0.3 is 11.1 Å². The van der Waals surface area contributed by atoms with Crippen LogP contribution in [0.5, 0.6) is 0 Å². The summed E-state index contributed by atoms with van der Waals surface area (Å²) in [6.45, 7) is 1.78. The first kappa shape index (κ1) is 12.4. The molecule has 13 heavy (non-hydrogen) atoms. The molecule has 76 valence electrons. The van der Waals surface area contributed by atoms with Gasteiger partial charge in [0.1, 0.15) is 0 Å². The van der Waals surface area contributed by atoms with Gasteiger partial charge in [-0.05, 0) is 19.3 Å². The van der Waals surface area contributed by atoms with E-state index in [1.807, 2.05) is 0 Å². The van der Waals surface area contributed by atoms with Crippen molar-refractivity contribution in [3.63, 3.8) is 0 Å². The van der Waals surface area contributed by atoms with E-state index >= 15 is 0 Å². The molecule has 1 rings (SSSR count). The molecule has 1 amide bonds. The first-order chi connectivity index (χ1) is 5.65. The molecule has 0 aromatic carbocycles. The van der Waals surface area contributed by atoms with Crippen LogP contribution in [0.3, 0.4) is 0 Å². The van der Waals surface area contributed by atoms with Crippen LogP contribution in [0.15, 0.2) is 0 Å². The van der Waals surface area contributed by atoms with Gasteiger partial charge in [-0.2, -0.15) is 0 Å². The van der Waals surface area contributed by atoms with Gasteiger partial charge in [-0.15, -0.1) is 12.4 Å². The van der Waals surface area contributed by atoms with Crippen LogP contribution in [-0.2, 0) is 9.59 Å². The fourth-order valence-electron chi connectivity index (χ4n) is 0.838. The normalized spacial score (nSPS) is 17.1. The van der Waals surface area contributed by atoms with Gasteiger partial charge in [0, 0.05) is 6.04 Å². The van der Waals surface area contributed by atoms with Crippen LogP contribution in [0, 0.1) is 0 Å². The van der Waals surface area contributed by atoms with Crippen LogP contribution in [0.4, 0.5) is 0 Å². The highest BCUT2D eigenvalue weighted by Crippen LogP contribution is 2.18. The summed E-state index contributed by atoms with van der Waals surface area (Å²) in [7, 11) is 0. The lowest BCUT2D eigenvalue weighted by atomic mass is 10.1. The molecule has 1 fully saturated rings. The van der Waals surface area contributed by atoms with Crippen molar-refractivity contribution >= 4 is 24.1 Å². The van der Waals surface area contributed by atoms with E-state index in [9.17, 15) is 9.59 Å². The number of hydrogen-bond donors (Lipinski definition) is 2. The third-order valence-corrected chi connectivity index (χ3v) is 1.91. The molecule has 1 saturated carbocycles. The zero-order chi connectivity index (χ0) is 9.14. The number of Topliss-reactive ketones (excluding diaryl/α,β-unsaturated/α-hetero) is 1. The van der Waals surface area contributed by atoms with Gasteiger partial charge in [0.15, 0.2) is 0 Å². The average Bonchev–Trinajstić information content (AvgIpc) is 2.85. The standard InChI is InChI=1S/C8H14N2O2.ClH/c1-2-6(9)7(11)8(12)10-5-3-4-5;/h5-6H,2-4,9H2,1H3,(H,10,12);1H/t6-;/m0./s1. The zero-order valence-electron chi connectivity index (χ0n) is 7.58. The molecule has 0 heterocycles. The summed E-state index contributed by atoms with van der Waals surface area (Å²) in [5, 5.41) is 2.60. The molecular formula is C8H15ClN2O2. The highest BCUT2D eigenvalue weighted by molar-refractivity contribution is 6.38. The minimum Gasteiger partial charge on any atom is -0.347 e. The van der Waals surface area contributed by atoms with Crippen molar-refractivity contribution in [1.82, 2.24) is 5.32 Å². The number of carbonyl (C=O) groups is 2. The summed E-state index contributed by atoms with van der Waals surface area (Å²) in [5.41, 5.74) is 5.40. The molecule has 0 aliphatic heterocycles. The van der Waals surface area contributed by atoms with Gasteiger partial charge >= 0.3 is 0 Å². The second kappa shape index (κ2) is 5.19. The van der Waals surface area contributed by atoms with E-state index in [1.54, 1.807) is 6.92 Å². The van der Waals surface area contributed by atoms with Gasteiger partial charge in [0.05, 0.1) is 6.04 Å². The number of rotatable bonds is 4. The van der Waals surface area contributed by atoms with Crippen LogP contribution >= 0.6 is 12.4 Å². The molecule has 1 aliphatic carbocycles. The summed E-state index contributed by atoms with van der Waals surface area (Å²) in [6, 6.07) is -0.408. The van der Waals surface area contributed by atoms with E-state index in [0.29, 0.717) is 6.42 Å². The lowest BCUT2D eigenvalue weighted by Crippen LogP contribution is -2.42. The Morgan fingerprint density at radius 1 is 1.54 bits per heavy atom. The number of hydrogen-bond acceptors (Lipinski definition) is 3. The number of nitrogens with one attached hydrogen (secondary N) is 1. The topological polar surface area (TPSA) is 72.2 Å². The maximum Gasteiger partial charge on any atom is 0.289 e. The number of amides is 1. The third-order valence-electron chi connectivity index (χ3n) is 1.91. The van der Waals surface area contributed by atoms with Crippen molar-refractivity contribution < 1.29 is 9.59 Å². The van der Waals surface area contributed by atoms with Crippen LogP contribution in [0.1, 0.15) is 26.2 Å². The SMILES string of the molecule is CC[C@H](N)C(=O)C(=O)NC1CC1.Cl. The molecule has 0 aromatic rings. The summed E-state index contributed by atoms with van der Waals surface area (Å²) in [6.07, 6.45) is 2.48. The van der Waals surface area contributed by atoms with E-state index in [0.717, 1.165) is 12.8 Å². The van der Waals surface area contributed by atoms with E-state index in [2.05, 4.69) is 5.32 Å². The number of nitrogens with two attached hydrogens (primary N) is 1. The quantitative estimate of drug-likeness (QED) is 0.636. The lowest BCUT2D eigenvalue weighted by molar-refractivity contribution is -0.138. The summed E-state index contributed by atoms with van der Waals surface area (Å²) in [5.74, 6) is -1.02. The fourth-order valence-corrected chi connectivity index (χ4v) is 0.838. The Balaban J connectivity index is 0.00000144. The molecular weight excluding hydrogens is 192 g/mol. The Kier molecular flexibility index (Phi) is 4.95. The first-order valence-electron chi connectivity index (χ1n) is 4.25. The second-order valence-corrected chi connectivity index (χ2v) is 3.13. The number of halogens is 1. The van der Waals surface area contributed by atoms with Crippen molar-refractivity contribution in [3.05, 3.63) is 0 Å². The molecule has 0 aromatic heterocycles. The Hall–Kier alpha value is -0.610. The van der Waals surface area contributed by atoms with E-state index in [4.69, 9.17) is 5.73 Å². The van der Waals surface area contributed by atoms with Gasteiger partial charge in [0.25, 0.3) is 5.91 Å². The Morgan fingerprint density at radius 2 is 2.08 bits per heavy atom. The average molecular weight is 207 g/mol.